The molecule has 1 unspecified atom stereocenters. The second kappa shape index (κ2) is 12.0. The lowest BCUT2D eigenvalue weighted by molar-refractivity contribution is 0.0743. The summed E-state index contributed by atoms with van der Waals surface area (Å²) >= 11 is 0. The van der Waals surface area contributed by atoms with Crippen LogP contribution in [0.4, 0.5) is 0 Å². The van der Waals surface area contributed by atoms with Gasteiger partial charge in [-0.25, -0.2) is 0 Å². The SMILES string of the molecule is C=CCN(CCOC)C(CNCCC)COC. The summed E-state index contributed by atoms with van der Waals surface area (Å²) in [6.07, 6.45) is 3.08. The third kappa shape index (κ3) is 8.32. The maximum atomic E-state index is 5.29. The first-order chi connectivity index (χ1) is 8.29. The van der Waals surface area contributed by atoms with Gasteiger partial charge in [-0.3, -0.25) is 4.90 Å². The number of hydrogen-bond donors (Lipinski definition) is 1. The van der Waals surface area contributed by atoms with E-state index in [1.165, 1.54) is 0 Å². The fourth-order valence-electron chi connectivity index (χ4n) is 1.73. The number of methoxy groups -OCH3 is 2. The Morgan fingerprint density at radius 3 is 2.65 bits per heavy atom. The van der Waals surface area contributed by atoms with Crippen LogP contribution in [0.15, 0.2) is 12.7 Å². The molecule has 0 saturated carbocycles. The average Bonchev–Trinajstić information content (AvgIpc) is 2.34. The number of nitrogens with one attached hydrogen (secondary N) is 1. The van der Waals surface area contributed by atoms with Gasteiger partial charge in [-0.05, 0) is 13.0 Å². The average molecular weight is 244 g/mol. The number of nitrogens with zero attached hydrogens (tertiary/aromatic N) is 1. The molecule has 17 heavy (non-hydrogen) atoms. The van der Waals surface area contributed by atoms with Crippen LogP contribution in [-0.4, -0.2) is 64.6 Å². The Labute approximate surface area is 106 Å². The Morgan fingerprint density at radius 2 is 2.12 bits per heavy atom. The lowest BCUT2D eigenvalue weighted by atomic mass is 10.2. The Morgan fingerprint density at radius 1 is 1.35 bits per heavy atom. The first-order valence-corrected chi connectivity index (χ1v) is 6.33. The van der Waals surface area contributed by atoms with Gasteiger partial charge in [0.25, 0.3) is 0 Å². The summed E-state index contributed by atoms with van der Waals surface area (Å²) < 4.78 is 10.4. The molecule has 102 valence electrons. The monoisotopic (exact) mass is 244 g/mol. The van der Waals surface area contributed by atoms with Crippen molar-refractivity contribution in [2.45, 2.75) is 19.4 Å². The van der Waals surface area contributed by atoms with E-state index in [-0.39, 0.29) is 0 Å². The molecule has 0 aliphatic rings. The lowest BCUT2D eigenvalue weighted by Gasteiger charge is -2.30. The predicted molar refractivity (Wildman–Crippen MR) is 72.5 cm³/mol. The molecule has 0 aliphatic heterocycles. The Hall–Kier alpha value is -0.420. The number of hydrogen-bond acceptors (Lipinski definition) is 4. The van der Waals surface area contributed by atoms with Crippen molar-refractivity contribution in [3.63, 3.8) is 0 Å². The molecular formula is C13H28N2O2. The molecule has 0 heterocycles. The van der Waals surface area contributed by atoms with E-state index in [2.05, 4.69) is 23.7 Å². The molecule has 0 saturated heterocycles. The van der Waals surface area contributed by atoms with E-state index < -0.39 is 0 Å². The Balaban J connectivity index is 4.18. The van der Waals surface area contributed by atoms with E-state index in [4.69, 9.17) is 9.47 Å². The number of ether oxygens (including phenoxy) is 2. The molecule has 4 nitrogen and oxygen atoms in total. The fourth-order valence-corrected chi connectivity index (χ4v) is 1.73. The van der Waals surface area contributed by atoms with E-state index >= 15 is 0 Å². The molecular weight excluding hydrogens is 216 g/mol. The predicted octanol–water partition coefficient (Wildman–Crippen LogP) is 1.14. The fraction of sp³-hybridized carbons (Fsp3) is 0.846. The second-order valence-corrected chi connectivity index (χ2v) is 4.09. The molecule has 0 fully saturated rings. The van der Waals surface area contributed by atoms with Gasteiger partial charge in [0.2, 0.25) is 0 Å². The molecule has 1 atom stereocenters. The van der Waals surface area contributed by atoms with E-state index in [0.717, 1.165) is 45.8 Å². The quantitative estimate of drug-likeness (QED) is 0.412. The highest BCUT2D eigenvalue weighted by Gasteiger charge is 2.16. The molecule has 0 aromatic heterocycles. The van der Waals surface area contributed by atoms with Gasteiger partial charge in [-0.1, -0.05) is 13.0 Å². The second-order valence-electron chi connectivity index (χ2n) is 4.09. The van der Waals surface area contributed by atoms with Crippen molar-refractivity contribution in [2.24, 2.45) is 0 Å². The van der Waals surface area contributed by atoms with Crippen LogP contribution in [0, 0.1) is 0 Å². The molecule has 0 spiro atoms. The normalized spacial score (nSPS) is 12.9. The summed E-state index contributed by atoms with van der Waals surface area (Å²) in [5.74, 6) is 0. The smallest absolute Gasteiger partial charge is 0.0630 e. The Bertz CT molecular complexity index is 177. The zero-order valence-electron chi connectivity index (χ0n) is 11.6. The molecule has 0 rings (SSSR count). The van der Waals surface area contributed by atoms with Crippen LogP contribution >= 0.6 is 0 Å². The van der Waals surface area contributed by atoms with Crippen molar-refractivity contribution in [3.05, 3.63) is 12.7 Å². The van der Waals surface area contributed by atoms with Gasteiger partial charge < -0.3 is 14.8 Å². The van der Waals surface area contributed by atoms with E-state index in [1.807, 2.05) is 6.08 Å². The van der Waals surface area contributed by atoms with Gasteiger partial charge in [0.1, 0.15) is 0 Å². The van der Waals surface area contributed by atoms with E-state index in [9.17, 15) is 0 Å². The van der Waals surface area contributed by atoms with Crippen molar-refractivity contribution in [3.8, 4) is 0 Å². The number of rotatable bonds is 12. The summed E-state index contributed by atoms with van der Waals surface area (Å²) in [7, 11) is 3.47. The molecule has 0 aromatic carbocycles. The molecule has 0 bridgehead atoms. The van der Waals surface area contributed by atoms with Gasteiger partial charge in [-0.2, -0.15) is 0 Å². The maximum Gasteiger partial charge on any atom is 0.0630 e. The zero-order valence-corrected chi connectivity index (χ0v) is 11.6. The van der Waals surface area contributed by atoms with Crippen LogP contribution in [0.3, 0.4) is 0 Å². The highest BCUT2D eigenvalue weighted by atomic mass is 16.5. The van der Waals surface area contributed by atoms with E-state index in [1.54, 1.807) is 14.2 Å². The highest BCUT2D eigenvalue weighted by molar-refractivity contribution is 4.80. The first kappa shape index (κ1) is 16.6. The van der Waals surface area contributed by atoms with Gasteiger partial charge >= 0.3 is 0 Å². The topological polar surface area (TPSA) is 33.7 Å². The maximum absolute atomic E-state index is 5.29. The minimum Gasteiger partial charge on any atom is -0.383 e. The van der Waals surface area contributed by atoms with Crippen molar-refractivity contribution in [1.29, 1.82) is 0 Å². The van der Waals surface area contributed by atoms with Gasteiger partial charge in [0.05, 0.1) is 13.2 Å². The van der Waals surface area contributed by atoms with Crippen molar-refractivity contribution < 1.29 is 9.47 Å². The third-order valence-electron chi connectivity index (χ3n) is 2.63. The minimum atomic E-state index is 0.375. The lowest BCUT2D eigenvalue weighted by Crippen LogP contribution is -2.46. The van der Waals surface area contributed by atoms with Gasteiger partial charge in [-0.15, -0.1) is 6.58 Å². The molecule has 4 heteroatoms. The Kier molecular flexibility index (Phi) is 11.8. The summed E-state index contributed by atoms with van der Waals surface area (Å²) in [6.45, 7) is 11.2. The highest BCUT2D eigenvalue weighted by Crippen LogP contribution is 2.00. The van der Waals surface area contributed by atoms with Crippen LogP contribution in [-0.2, 0) is 9.47 Å². The molecule has 1 N–H and O–H groups in total. The van der Waals surface area contributed by atoms with Crippen LogP contribution in [0.5, 0.6) is 0 Å². The van der Waals surface area contributed by atoms with Crippen LogP contribution in [0.1, 0.15) is 13.3 Å². The van der Waals surface area contributed by atoms with Gasteiger partial charge in [0, 0.05) is 39.9 Å². The molecule has 0 aliphatic carbocycles. The summed E-state index contributed by atoms with van der Waals surface area (Å²) in [5, 5.41) is 3.44. The largest absolute Gasteiger partial charge is 0.383 e. The molecule has 0 amide bonds. The first-order valence-electron chi connectivity index (χ1n) is 6.33. The molecule has 0 aromatic rings. The van der Waals surface area contributed by atoms with Crippen molar-refractivity contribution in [2.75, 3.05) is 53.6 Å². The molecule has 0 radical (unpaired) electrons. The zero-order chi connectivity index (χ0) is 12.9. The van der Waals surface area contributed by atoms with Gasteiger partial charge in [0.15, 0.2) is 0 Å². The minimum absolute atomic E-state index is 0.375. The summed E-state index contributed by atoms with van der Waals surface area (Å²) in [6, 6.07) is 0.375. The standard InChI is InChI=1S/C13H28N2O2/c1-5-7-14-11-13(12-17-4)15(8-6-2)9-10-16-3/h6,13-14H,2,5,7-12H2,1,3-4H3. The summed E-state index contributed by atoms with van der Waals surface area (Å²) in [5.41, 5.74) is 0. The third-order valence-corrected chi connectivity index (χ3v) is 2.63. The van der Waals surface area contributed by atoms with Crippen molar-refractivity contribution in [1.82, 2.24) is 10.2 Å². The van der Waals surface area contributed by atoms with E-state index in [0.29, 0.717) is 6.04 Å². The summed E-state index contributed by atoms with van der Waals surface area (Å²) in [4.78, 5) is 2.34. The van der Waals surface area contributed by atoms with Crippen molar-refractivity contribution >= 4 is 0 Å². The van der Waals surface area contributed by atoms with Crippen LogP contribution < -0.4 is 5.32 Å². The van der Waals surface area contributed by atoms with Crippen LogP contribution in [0.25, 0.3) is 0 Å². The van der Waals surface area contributed by atoms with Crippen LogP contribution in [0.2, 0.25) is 0 Å².